The van der Waals surface area contributed by atoms with E-state index in [0.29, 0.717) is 6.54 Å². The molecule has 0 amide bonds. The van der Waals surface area contributed by atoms with E-state index in [2.05, 4.69) is 52.9 Å². The Kier molecular flexibility index (Phi) is 4.65. The highest BCUT2D eigenvalue weighted by molar-refractivity contribution is 9.10. The van der Waals surface area contributed by atoms with Gasteiger partial charge in [0, 0.05) is 23.2 Å². The Morgan fingerprint density at radius 2 is 2.00 bits per heavy atom. The van der Waals surface area contributed by atoms with Crippen molar-refractivity contribution in [1.82, 2.24) is 0 Å². The lowest BCUT2D eigenvalue weighted by Crippen LogP contribution is -2.45. The van der Waals surface area contributed by atoms with Crippen molar-refractivity contribution in [3.63, 3.8) is 0 Å². The van der Waals surface area contributed by atoms with Crippen LogP contribution in [0.3, 0.4) is 0 Å². The summed E-state index contributed by atoms with van der Waals surface area (Å²) in [5.41, 5.74) is 8.31. The zero-order valence-electron chi connectivity index (χ0n) is 11.0. The third-order valence-electron chi connectivity index (χ3n) is 3.22. The zero-order valence-corrected chi connectivity index (χ0v) is 12.6. The number of halogens is 1. The Hall–Kier alpha value is -0.580. The summed E-state index contributed by atoms with van der Waals surface area (Å²) in [4.78, 5) is 2.41. The minimum absolute atomic E-state index is 0.276. The minimum atomic E-state index is 0.276. The van der Waals surface area contributed by atoms with Crippen molar-refractivity contribution < 1.29 is 4.74 Å². The molecule has 0 radical (unpaired) electrons. The van der Waals surface area contributed by atoms with Crippen LogP contribution < -0.4 is 10.6 Å². The number of nitrogens with two attached hydrogens (primary N) is 1. The van der Waals surface area contributed by atoms with Gasteiger partial charge in [0.2, 0.25) is 0 Å². The van der Waals surface area contributed by atoms with Gasteiger partial charge in [0.05, 0.1) is 12.2 Å². The Labute approximate surface area is 117 Å². The molecule has 1 heterocycles. The molecule has 0 saturated carbocycles. The van der Waals surface area contributed by atoms with E-state index in [9.17, 15) is 0 Å². The third kappa shape index (κ3) is 3.25. The van der Waals surface area contributed by atoms with Crippen molar-refractivity contribution in [3.05, 3.63) is 28.2 Å². The normalized spacial score (nSPS) is 24.3. The van der Waals surface area contributed by atoms with Crippen LogP contribution in [0, 0.1) is 0 Å². The van der Waals surface area contributed by atoms with E-state index >= 15 is 0 Å². The molecule has 1 aromatic carbocycles. The fourth-order valence-corrected chi connectivity index (χ4v) is 2.92. The van der Waals surface area contributed by atoms with Gasteiger partial charge >= 0.3 is 0 Å². The zero-order chi connectivity index (χ0) is 13.1. The molecule has 0 aromatic heterocycles. The number of anilines is 1. The van der Waals surface area contributed by atoms with E-state index in [0.717, 1.165) is 24.0 Å². The number of hydrogen-bond acceptors (Lipinski definition) is 3. The average molecular weight is 313 g/mol. The van der Waals surface area contributed by atoms with Crippen LogP contribution in [0.25, 0.3) is 0 Å². The van der Waals surface area contributed by atoms with E-state index in [-0.39, 0.29) is 12.2 Å². The van der Waals surface area contributed by atoms with E-state index in [1.165, 1.54) is 11.3 Å². The van der Waals surface area contributed by atoms with Crippen LogP contribution in [0.5, 0.6) is 0 Å². The second-order valence-electron chi connectivity index (χ2n) is 4.97. The summed E-state index contributed by atoms with van der Waals surface area (Å²) in [6.45, 7) is 6.83. The molecule has 1 saturated heterocycles. The monoisotopic (exact) mass is 312 g/mol. The summed E-state index contributed by atoms with van der Waals surface area (Å²) in [7, 11) is 0. The molecule has 0 bridgehead atoms. The minimum Gasteiger partial charge on any atom is -0.372 e. The molecular formula is C14H21BrN2O. The van der Waals surface area contributed by atoms with Crippen molar-refractivity contribution in [2.75, 3.05) is 24.5 Å². The first kappa shape index (κ1) is 13.8. The van der Waals surface area contributed by atoms with Crippen LogP contribution in [0.2, 0.25) is 0 Å². The number of ether oxygens (including phenoxy) is 1. The van der Waals surface area contributed by atoms with Crippen LogP contribution in [0.4, 0.5) is 5.69 Å². The standard InChI is InChI=1S/C14H21BrN2O/c1-10-8-17(9-11(2)18-10)14-7-13(15)4-3-12(14)5-6-16/h3-4,7,10-11H,5-6,8-9,16H2,1-2H3/t10-,11+. The van der Waals surface area contributed by atoms with Crippen LogP contribution in [-0.2, 0) is 11.2 Å². The molecule has 3 nitrogen and oxygen atoms in total. The van der Waals surface area contributed by atoms with Crippen molar-refractivity contribution in [1.29, 1.82) is 0 Å². The molecule has 18 heavy (non-hydrogen) atoms. The van der Waals surface area contributed by atoms with Gasteiger partial charge < -0.3 is 15.4 Å². The first-order chi connectivity index (χ1) is 8.60. The Balaban J connectivity index is 2.27. The second-order valence-corrected chi connectivity index (χ2v) is 5.89. The third-order valence-corrected chi connectivity index (χ3v) is 3.71. The van der Waals surface area contributed by atoms with Gasteiger partial charge in [-0.3, -0.25) is 0 Å². The van der Waals surface area contributed by atoms with E-state index in [1.54, 1.807) is 0 Å². The Morgan fingerprint density at radius 3 is 2.61 bits per heavy atom. The van der Waals surface area contributed by atoms with Crippen molar-refractivity contribution in [2.24, 2.45) is 5.73 Å². The van der Waals surface area contributed by atoms with Gasteiger partial charge in [0.25, 0.3) is 0 Å². The summed E-state index contributed by atoms with van der Waals surface area (Å²) in [5, 5.41) is 0. The van der Waals surface area contributed by atoms with Crippen LogP contribution in [0.1, 0.15) is 19.4 Å². The molecule has 2 N–H and O–H groups in total. The van der Waals surface area contributed by atoms with Gasteiger partial charge in [0.1, 0.15) is 0 Å². The smallest absolute Gasteiger partial charge is 0.0726 e. The number of hydrogen-bond donors (Lipinski definition) is 1. The predicted molar refractivity (Wildman–Crippen MR) is 79.1 cm³/mol. The van der Waals surface area contributed by atoms with Gasteiger partial charge in [-0.25, -0.2) is 0 Å². The van der Waals surface area contributed by atoms with Gasteiger partial charge in [-0.2, -0.15) is 0 Å². The largest absolute Gasteiger partial charge is 0.372 e. The molecule has 100 valence electrons. The van der Waals surface area contributed by atoms with E-state index < -0.39 is 0 Å². The lowest BCUT2D eigenvalue weighted by atomic mass is 10.1. The maximum atomic E-state index is 5.79. The maximum absolute atomic E-state index is 5.79. The molecule has 0 spiro atoms. The number of rotatable bonds is 3. The fraction of sp³-hybridized carbons (Fsp3) is 0.571. The van der Waals surface area contributed by atoms with Gasteiger partial charge in [-0.05, 0) is 44.5 Å². The fourth-order valence-electron chi connectivity index (χ4n) is 2.57. The Morgan fingerprint density at radius 1 is 1.33 bits per heavy atom. The molecule has 1 aliphatic heterocycles. The highest BCUT2D eigenvalue weighted by atomic mass is 79.9. The Bertz CT molecular complexity index is 401. The molecule has 2 atom stereocenters. The van der Waals surface area contributed by atoms with Crippen molar-refractivity contribution >= 4 is 21.6 Å². The van der Waals surface area contributed by atoms with Crippen LogP contribution in [0.15, 0.2) is 22.7 Å². The molecule has 0 unspecified atom stereocenters. The maximum Gasteiger partial charge on any atom is 0.0726 e. The lowest BCUT2D eigenvalue weighted by molar-refractivity contribution is -0.00526. The summed E-state index contributed by atoms with van der Waals surface area (Å²) in [6, 6.07) is 6.44. The SMILES string of the molecule is C[C@@H]1CN(c2cc(Br)ccc2CCN)C[C@H](C)O1. The van der Waals surface area contributed by atoms with E-state index in [4.69, 9.17) is 10.5 Å². The summed E-state index contributed by atoms with van der Waals surface area (Å²) in [6.07, 6.45) is 1.47. The molecular weight excluding hydrogens is 292 g/mol. The first-order valence-electron chi connectivity index (χ1n) is 6.49. The molecule has 1 aliphatic rings. The number of nitrogens with zero attached hydrogens (tertiary/aromatic N) is 1. The van der Waals surface area contributed by atoms with Gasteiger partial charge in [-0.15, -0.1) is 0 Å². The molecule has 1 fully saturated rings. The highest BCUT2D eigenvalue weighted by Crippen LogP contribution is 2.28. The lowest BCUT2D eigenvalue weighted by Gasteiger charge is -2.38. The first-order valence-corrected chi connectivity index (χ1v) is 7.28. The summed E-state index contributed by atoms with van der Waals surface area (Å²) >= 11 is 3.56. The van der Waals surface area contributed by atoms with Crippen LogP contribution in [-0.4, -0.2) is 31.8 Å². The average Bonchev–Trinajstić information content (AvgIpc) is 2.30. The van der Waals surface area contributed by atoms with Crippen molar-refractivity contribution in [2.45, 2.75) is 32.5 Å². The summed E-state index contributed by atoms with van der Waals surface area (Å²) in [5.74, 6) is 0. The number of benzene rings is 1. The van der Waals surface area contributed by atoms with Gasteiger partial charge in [0.15, 0.2) is 0 Å². The highest BCUT2D eigenvalue weighted by Gasteiger charge is 2.23. The van der Waals surface area contributed by atoms with Gasteiger partial charge in [-0.1, -0.05) is 22.0 Å². The molecule has 4 heteroatoms. The molecule has 2 rings (SSSR count). The summed E-state index contributed by atoms with van der Waals surface area (Å²) < 4.78 is 6.91. The quantitative estimate of drug-likeness (QED) is 0.932. The molecule has 1 aromatic rings. The predicted octanol–water partition coefficient (Wildman–Crippen LogP) is 2.56. The van der Waals surface area contributed by atoms with Crippen LogP contribution >= 0.6 is 15.9 Å². The second kappa shape index (κ2) is 6.04. The van der Waals surface area contributed by atoms with E-state index in [1.807, 2.05) is 0 Å². The topological polar surface area (TPSA) is 38.5 Å². The molecule has 0 aliphatic carbocycles. The number of morpholine rings is 1. The van der Waals surface area contributed by atoms with Crippen molar-refractivity contribution in [3.8, 4) is 0 Å².